The van der Waals surface area contributed by atoms with Gasteiger partial charge >= 0.3 is 0 Å². The number of nitrogens with two attached hydrogens (primary N) is 1. The van der Waals surface area contributed by atoms with Crippen molar-refractivity contribution in [2.45, 2.75) is 64.5 Å². The summed E-state index contributed by atoms with van der Waals surface area (Å²) in [6, 6.07) is 10.1. The Morgan fingerprint density at radius 2 is 1.85 bits per heavy atom. The van der Waals surface area contributed by atoms with Crippen LogP contribution in [0, 0.1) is 0 Å². The van der Waals surface area contributed by atoms with Crippen molar-refractivity contribution >= 4 is 0 Å². The monoisotopic (exact) mass is 274 g/mol. The van der Waals surface area contributed by atoms with Gasteiger partial charge in [0, 0.05) is 18.6 Å². The van der Waals surface area contributed by atoms with Gasteiger partial charge in [-0.3, -0.25) is 4.90 Å². The lowest BCUT2D eigenvalue weighted by Gasteiger charge is -2.39. The number of benzene rings is 1. The molecule has 1 aliphatic rings. The SMILES string of the molecule is CC1CCCCN1C(CN)c1ccc(C(C)(C)C)cc1. The minimum absolute atomic E-state index is 0.217. The van der Waals surface area contributed by atoms with Crippen LogP contribution in [0.5, 0.6) is 0 Å². The van der Waals surface area contributed by atoms with Crippen LogP contribution in [-0.4, -0.2) is 24.0 Å². The van der Waals surface area contributed by atoms with Crippen LogP contribution in [-0.2, 0) is 5.41 Å². The van der Waals surface area contributed by atoms with Crippen molar-refractivity contribution < 1.29 is 0 Å². The van der Waals surface area contributed by atoms with Gasteiger partial charge in [0.25, 0.3) is 0 Å². The van der Waals surface area contributed by atoms with E-state index in [0.29, 0.717) is 18.6 Å². The maximum Gasteiger partial charge on any atom is 0.0473 e. The van der Waals surface area contributed by atoms with Crippen LogP contribution in [0.3, 0.4) is 0 Å². The maximum atomic E-state index is 6.08. The van der Waals surface area contributed by atoms with Gasteiger partial charge in [-0.2, -0.15) is 0 Å². The molecule has 2 atom stereocenters. The summed E-state index contributed by atoms with van der Waals surface area (Å²) in [5.41, 5.74) is 9.06. The summed E-state index contributed by atoms with van der Waals surface area (Å²) >= 11 is 0. The standard InChI is InChI=1S/C18H30N2/c1-14-7-5-6-12-20(14)17(13-19)15-8-10-16(11-9-15)18(2,3)4/h8-11,14,17H,5-7,12-13,19H2,1-4H3. The van der Waals surface area contributed by atoms with Crippen molar-refractivity contribution in [1.29, 1.82) is 0 Å². The first-order chi connectivity index (χ1) is 9.43. The van der Waals surface area contributed by atoms with Gasteiger partial charge < -0.3 is 5.73 Å². The highest BCUT2D eigenvalue weighted by Gasteiger charge is 2.26. The summed E-state index contributed by atoms with van der Waals surface area (Å²) in [4.78, 5) is 2.59. The van der Waals surface area contributed by atoms with Crippen molar-refractivity contribution in [3.63, 3.8) is 0 Å². The fourth-order valence-electron chi connectivity index (χ4n) is 3.25. The van der Waals surface area contributed by atoms with Gasteiger partial charge in [0.05, 0.1) is 0 Å². The van der Waals surface area contributed by atoms with E-state index in [2.05, 4.69) is 56.9 Å². The van der Waals surface area contributed by atoms with Crippen LogP contribution in [0.1, 0.15) is 64.1 Å². The second kappa shape index (κ2) is 6.28. The topological polar surface area (TPSA) is 29.3 Å². The summed E-state index contributed by atoms with van der Waals surface area (Å²) in [5.74, 6) is 0. The fraction of sp³-hybridized carbons (Fsp3) is 0.667. The number of rotatable bonds is 3. The summed E-state index contributed by atoms with van der Waals surface area (Å²) in [6.07, 6.45) is 3.97. The smallest absolute Gasteiger partial charge is 0.0473 e. The Morgan fingerprint density at radius 1 is 1.20 bits per heavy atom. The molecule has 2 rings (SSSR count). The predicted octanol–water partition coefficient (Wildman–Crippen LogP) is 3.86. The van der Waals surface area contributed by atoms with E-state index in [-0.39, 0.29) is 5.41 Å². The van der Waals surface area contributed by atoms with E-state index in [1.54, 1.807) is 0 Å². The van der Waals surface area contributed by atoms with Crippen molar-refractivity contribution in [3.8, 4) is 0 Å². The molecule has 1 aromatic carbocycles. The van der Waals surface area contributed by atoms with E-state index in [9.17, 15) is 0 Å². The van der Waals surface area contributed by atoms with Gasteiger partial charge in [0.15, 0.2) is 0 Å². The van der Waals surface area contributed by atoms with Crippen LogP contribution in [0.2, 0.25) is 0 Å². The third kappa shape index (κ3) is 3.42. The molecule has 2 unspecified atom stereocenters. The van der Waals surface area contributed by atoms with Gasteiger partial charge in [-0.1, -0.05) is 51.5 Å². The Bertz CT molecular complexity index is 416. The zero-order chi connectivity index (χ0) is 14.8. The fourth-order valence-corrected chi connectivity index (χ4v) is 3.25. The quantitative estimate of drug-likeness (QED) is 0.907. The summed E-state index contributed by atoms with van der Waals surface area (Å²) < 4.78 is 0. The Kier molecular flexibility index (Phi) is 4.87. The molecule has 2 nitrogen and oxygen atoms in total. The van der Waals surface area contributed by atoms with E-state index in [1.807, 2.05) is 0 Å². The zero-order valence-corrected chi connectivity index (χ0v) is 13.5. The van der Waals surface area contributed by atoms with E-state index >= 15 is 0 Å². The van der Waals surface area contributed by atoms with Gasteiger partial charge in [0.1, 0.15) is 0 Å². The Hall–Kier alpha value is -0.860. The first kappa shape index (κ1) is 15.5. The lowest BCUT2D eigenvalue weighted by molar-refractivity contribution is 0.109. The van der Waals surface area contributed by atoms with Crippen molar-refractivity contribution in [3.05, 3.63) is 35.4 Å². The molecule has 2 N–H and O–H groups in total. The molecule has 1 saturated heterocycles. The molecule has 1 heterocycles. The first-order valence-electron chi connectivity index (χ1n) is 7.99. The molecule has 20 heavy (non-hydrogen) atoms. The molecule has 0 aromatic heterocycles. The molecule has 1 aromatic rings. The molecule has 0 radical (unpaired) electrons. The molecule has 0 spiro atoms. The number of likely N-dealkylation sites (tertiary alicyclic amines) is 1. The highest BCUT2D eigenvalue weighted by atomic mass is 15.2. The molecule has 1 aliphatic heterocycles. The summed E-state index contributed by atoms with van der Waals surface area (Å²) in [5, 5.41) is 0. The van der Waals surface area contributed by atoms with Crippen molar-refractivity contribution in [1.82, 2.24) is 4.90 Å². The zero-order valence-electron chi connectivity index (χ0n) is 13.5. The van der Waals surface area contributed by atoms with Crippen LogP contribution < -0.4 is 5.73 Å². The van der Waals surface area contributed by atoms with Gasteiger partial charge in [-0.15, -0.1) is 0 Å². The van der Waals surface area contributed by atoms with Crippen LogP contribution in [0.4, 0.5) is 0 Å². The second-order valence-corrected chi connectivity index (χ2v) is 7.21. The molecule has 1 fully saturated rings. The maximum absolute atomic E-state index is 6.08. The van der Waals surface area contributed by atoms with E-state index in [0.717, 1.165) is 0 Å². The second-order valence-electron chi connectivity index (χ2n) is 7.21. The van der Waals surface area contributed by atoms with Gasteiger partial charge in [-0.25, -0.2) is 0 Å². The highest BCUT2D eigenvalue weighted by Crippen LogP contribution is 2.29. The van der Waals surface area contributed by atoms with Gasteiger partial charge in [0.2, 0.25) is 0 Å². The van der Waals surface area contributed by atoms with Crippen LogP contribution in [0.15, 0.2) is 24.3 Å². The Labute approximate surface area is 124 Å². The van der Waals surface area contributed by atoms with E-state index < -0.39 is 0 Å². The average Bonchev–Trinajstić information content (AvgIpc) is 2.41. The molecule has 0 saturated carbocycles. The molecule has 0 aliphatic carbocycles. The van der Waals surface area contributed by atoms with E-state index in [1.165, 1.54) is 36.9 Å². The number of nitrogens with zero attached hydrogens (tertiary/aromatic N) is 1. The third-order valence-electron chi connectivity index (χ3n) is 4.64. The minimum atomic E-state index is 0.217. The molecule has 112 valence electrons. The molecular formula is C18H30N2. The Balaban J connectivity index is 2.19. The molecular weight excluding hydrogens is 244 g/mol. The lowest BCUT2D eigenvalue weighted by atomic mass is 9.86. The Morgan fingerprint density at radius 3 is 2.35 bits per heavy atom. The molecule has 0 amide bonds. The summed E-state index contributed by atoms with van der Waals surface area (Å²) in [6.45, 7) is 11.0. The minimum Gasteiger partial charge on any atom is -0.329 e. The van der Waals surface area contributed by atoms with Crippen LogP contribution >= 0.6 is 0 Å². The van der Waals surface area contributed by atoms with Gasteiger partial charge in [-0.05, 0) is 42.9 Å². The van der Waals surface area contributed by atoms with Crippen molar-refractivity contribution in [2.75, 3.05) is 13.1 Å². The number of piperidine rings is 1. The third-order valence-corrected chi connectivity index (χ3v) is 4.64. The van der Waals surface area contributed by atoms with E-state index in [4.69, 9.17) is 5.73 Å². The highest BCUT2D eigenvalue weighted by molar-refractivity contribution is 5.29. The summed E-state index contributed by atoms with van der Waals surface area (Å²) in [7, 11) is 0. The number of hydrogen-bond acceptors (Lipinski definition) is 2. The average molecular weight is 274 g/mol. The first-order valence-corrected chi connectivity index (χ1v) is 7.99. The lowest BCUT2D eigenvalue weighted by Crippen LogP contribution is -2.43. The van der Waals surface area contributed by atoms with Crippen LogP contribution in [0.25, 0.3) is 0 Å². The largest absolute Gasteiger partial charge is 0.329 e. The molecule has 2 heteroatoms. The molecule has 0 bridgehead atoms. The predicted molar refractivity (Wildman–Crippen MR) is 87.0 cm³/mol. The number of hydrogen-bond donors (Lipinski definition) is 1. The van der Waals surface area contributed by atoms with Crippen molar-refractivity contribution in [2.24, 2.45) is 5.73 Å². The normalized spacial score (nSPS) is 22.8.